The molecule has 3 N–H and O–H groups in total. The molecule has 2 aliphatic rings. The van der Waals surface area contributed by atoms with Crippen LogP contribution in [0.25, 0.3) is 0 Å². The van der Waals surface area contributed by atoms with Gasteiger partial charge in [0.15, 0.2) is 0 Å². The van der Waals surface area contributed by atoms with Crippen molar-refractivity contribution in [3.8, 4) is 5.75 Å². The second-order valence-corrected chi connectivity index (χ2v) is 9.32. The minimum Gasteiger partial charge on any atom is -0.496 e. The van der Waals surface area contributed by atoms with Gasteiger partial charge in [-0.3, -0.25) is 14.5 Å². The molecule has 0 radical (unpaired) electrons. The summed E-state index contributed by atoms with van der Waals surface area (Å²) in [6, 6.07) is 8.09. The van der Waals surface area contributed by atoms with Crippen molar-refractivity contribution in [2.45, 2.75) is 70.2 Å². The Bertz CT molecular complexity index is 748. The first kappa shape index (κ1) is 26.1. The van der Waals surface area contributed by atoms with E-state index >= 15 is 0 Å². The van der Waals surface area contributed by atoms with Crippen molar-refractivity contribution in [1.29, 1.82) is 0 Å². The number of methoxy groups -OCH3 is 1. The summed E-state index contributed by atoms with van der Waals surface area (Å²) in [4.78, 5) is 23.1. The van der Waals surface area contributed by atoms with Crippen LogP contribution in [0.4, 0.5) is 0 Å². The van der Waals surface area contributed by atoms with Crippen LogP contribution in [0.2, 0.25) is 0 Å². The molecule has 0 aromatic heterocycles. The zero-order chi connectivity index (χ0) is 23.8. The van der Waals surface area contributed by atoms with Gasteiger partial charge < -0.3 is 25.0 Å². The van der Waals surface area contributed by atoms with Gasteiger partial charge >= 0.3 is 0 Å². The van der Waals surface area contributed by atoms with E-state index in [0.717, 1.165) is 38.2 Å². The van der Waals surface area contributed by atoms with Crippen molar-refractivity contribution < 1.29 is 29.3 Å². The van der Waals surface area contributed by atoms with E-state index in [9.17, 15) is 9.90 Å². The van der Waals surface area contributed by atoms with Gasteiger partial charge in [-0.25, -0.2) is 0 Å². The number of amides is 1. The summed E-state index contributed by atoms with van der Waals surface area (Å²) >= 11 is 0. The fourth-order valence-electron chi connectivity index (χ4n) is 4.72. The molecule has 1 aromatic rings. The summed E-state index contributed by atoms with van der Waals surface area (Å²) in [5.74, 6) is 1.21. The number of para-hydroxylation sites is 1. The number of carbonyl (C=O) groups is 2. The maximum atomic E-state index is 12.4. The molecule has 8 nitrogen and oxygen atoms in total. The molecule has 2 saturated heterocycles. The number of aliphatic hydroxyl groups is 1. The van der Waals surface area contributed by atoms with E-state index in [1.54, 1.807) is 7.11 Å². The zero-order valence-corrected chi connectivity index (χ0v) is 19.7. The highest BCUT2D eigenvalue weighted by Gasteiger charge is 2.53. The van der Waals surface area contributed by atoms with E-state index in [2.05, 4.69) is 16.3 Å². The highest BCUT2D eigenvalue weighted by Crippen LogP contribution is 2.40. The van der Waals surface area contributed by atoms with E-state index in [1.165, 1.54) is 5.56 Å². The van der Waals surface area contributed by atoms with Crippen molar-refractivity contribution in [3.05, 3.63) is 29.8 Å². The molecular formula is C24H38N2O6. The lowest BCUT2D eigenvalue weighted by molar-refractivity contribution is -0.208. The average Bonchev–Trinajstić information content (AvgIpc) is 2.74. The first-order valence-electron chi connectivity index (χ1n) is 11.2. The Morgan fingerprint density at radius 3 is 2.53 bits per heavy atom. The summed E-state index contributed by atoms with van der Waals surface area (Å²) in [6.07, 6.45) is 1.89. The SMILES string of the molecule is COc1ccccc1CN1CCC2(CC1)OCC[C@@](C)(NC(=O)CC(C)C)[C@@H]2O.O=CO. The molecule has 0 unspecified atom stereocenters. The first-order valence-corrected chi connectivity index (χ1v) is 11.2. The smallest absolute Gasteiger partial charge is 0.290 e. The van der Waals surface area contributed by atoms with Crippen LogP contribution < -0.4 is 10.1 Å². The van der Waals surface area contributed by atoms with Gasteiger partial charge in [0.2, 0.25) is 5.91 Å². The quantitative estimate of drug-likeness (QED) is 0.571. The number of benzene rings is 1. The van der Waals surface area contributed by atoms with Crippen molar-refractivity contribution in [2.75, 3.05) is 26.8 Å². The van der Waals surface area contributed by atoms with E-state index in [4.69, 9.17) is 19.4 Å². The second-order valence-electron chi connectivity index (χ2n) is 9.32. The lowest BCUT2D eigenvalue weighted by Crippen LogP contribution is -2.69. The normalized spacial score (nSPS) is 25.0. The van der Waals surface area contributed by atoms with Crippen LogP contribution in [-0.4, -0.2) is 71.5 Å². The van der Waals surface area contributed by atoms with Crippen LogP contribution in [0.1, 0.15) is 52.0 Å². The summed E-state index contributed by atoms with van der Waals surface area (Å²) in [5.41, 5.74) is -0.0633. The number of hydrogen-bond donors (Lipinski definition) is 3. The van der Waals surface area contributed by atoms with Crippen molar-refractivity contribution >= 4 is 12.4 Å². The molecule has 2 heterocycles. The Morgan fingerprint density at radius 2 is 1.94 bits per heavy atom. The first-order chi connectivity index (χ1) is 15.2. The van der Waals surface area contributed by atoms with Gasteiger partial charge in [0.05, 0.1) is 18.2 Å². The third-order valence-corrected chi connectivity index (χ3v) is 6.42. The Labute approximate surface area is 190 Å². The molecule has 2 atom stereocenters. The Kier molecular flexibility index (Phi) is 9.48. The third kappa shape index (κ3) is 6.43. The standard InChI is InChI=1S/C23H36N2O4.CH2O2/c1-17(2)15-20(26)24-22(3)11-14-29-23(21(22)27)9-12-25(13-10-23)16-18-7-5-6-8-19(18)28-4;2-1-3/h5-8,17,21,27H,9-16H2,1-4H3,(H,24,26);1H,(H,2,3)/t21-,22+;/m0./s1. The van der Waals surface area contributed by atoms with Gasteiger partial charge in [0.1, 0.15) is 11.9 Å². The zero-order valence-electron chi connectivity index (χ0n) is 19.7. The molecule has 180 valence electrons. The number of nitrogens with zero attached hydrogens (tertiary/aromatic N) is 1. The predicted molar refractivity (Wildman–Crippen MR) is 122 cm³/mol. The number of carbonyl (C=O) groups excluding carboxylic acids is 1. The van der Waals surface area contributed by atoms with Gasteiger partial charge in [0.25, 0.3) is 6.47 Å². The lowest BCUT2D eigenvalue weighted by Gasteiger charge is -2.53. The van der Waals surface area contributed by atoms with Crippen LogP contribution in [0.3, 0.4) is 0 Å². The molecule has 32 heavy (non-hydrogen) atoms. The molecular weight excluding hydrogens is 412 g/mol. The molecule has 1 amide bonds. The van der Waals surface area contributed by atoms with Crippen molar-refractivity contribution in [2.24, 2.45) is 5.92 Å². The van der Waals surface area contributed by atoms with Gasteiger partial charge in [-0.2, -0.15) is 0 Å². The maximum Gasteiger partial charge on any atom is 0.290 e. The third-order valence-electron chi connectivity index (χ3n) is 6.42. The van der Waals surface area contributed by atoms with Crippen LogP contribution in [0.5, 0.6) is 5.75 Å². The molecule has 0 saturated carbocycles. The number of carboxylic acid groups (broad SMARTS) is 1. The molecule has 2 aliphatic heterocycles. The van der Waals surface area contributed by atoms with Crippen LogP contribution in [0.15, 0.2) is 24.3 Å². The number of aliphatic hydroxyl groups excluding tert-OH is 1. The topological polar surface area (TPSA) is 108 Å². The molecule has 3 rings (SSSR count). The van der Waals surface area contributed by atoms with E-state index < -0.39 is 17.2 Å². The summed E-state index contributed by atoms with van der Waals surface area (Å²) in [5, 5.41) is 21.3. The summed E-state index contributed by atoms with van der Waals surface area (Å²) in [7, 11) is 1.70. The van der Waals surface area contributed by atoms with Crippen LogP contribution in [0, 0.1) is 5.92 Å². The number of likely N-dealkylation sites (tertiary alicyclic amines) is 1. The van der Waals surface area contributed by atoms with Crippen LogP contribution in [-0.2, 0) is 20.9 Å². The summed E-state index contributed by atoms with van der Waals surface area (Å²) in [6.45, 7) is 8.82. The molecule has 1 aromatic carbocycles. The van der Waals surface area contributed by atoms with Gasteiger partial charge in [-0.15, -0.1) is 0 Å². The lowest BCUT2D eigenvalue weighted by atomic mass is 9.73. The number of ether oxygens (including phenoxy) is 2. The summed E-state index contributed by atoms with van der Waals surface area (Å²) < 4.78 is 11.6. The molecule has 8 heteroatoms. The highest BCUT2D eigenvalue weighted by molar-refractivity contribution is 5.77. The second kappa shape index (κ2) is 11.6. The highest BCUT2D eigenvalue weighted by atomic mass is 16.5. The molecule has 0 bridgehead atoms. The average molecular weight is 451 g/mol. The van der Waals surface area contributed by atoms with E-state index in [-0.39, 0.29) is 12.4 Å². The number of nitrogens with one attached hydrogen (secondary N) is 1. The van der Waals surface area contributed by atoms with Gasteiger partial charge in [0, 0.05) is 38.2 Å². The van der Waals surface area contributed by atoms with Crippen molar-refractivity contribution in [3.63, 3.8) is 0 Å². The number of hydrogen-bond acceptors (Lipinski definition) is 6. The Hall–Kier alpha value is -2.16. The molecule has 2 fully saturated rings. The fraction of sp³-hybridized carbons (Fsp3) is 0.667. The monoisotopic (exact) mass is 450 g/mol. The van der Waals surface area contributed by atoms with E-state index in [0.29, 0.717) is 25.4 Å². The minimum absolute atomic E-state index is 0.00667. The molecule has 1 spiro atoms. The molecule has 0 aliphatic carbocycles. The minimum atomic E-state index is -0.715. The van der Waals surface area contributed by atoms with Crippen LogP contribution >= 0.6 is 0 Å². The number of piperidine rings is 1. The largest absolute Gasteiger partial charge is 0.496 e. The van der Waals surface area contributed by atoms with E-state index in [1.807, 2.05) is 39.0 Å². The van der Waals surface area contributed by atoms with Gasteiger partial charge in [-0.05, 0) is 38.2 Å². The fourth-order valence-corrected chi connectivity index (χ4v) is 4.72. The number of rotatable bonds is 6. The predicted octanol–water partition coefficient (Wildman–Crippen LogP) is 2.43. The Balaban J connectivity index is 0.00000114. The maximum absolute atomic E-state index is 12.4. The Morgan fingerprint density at radius 1 is 1.31 bits per heavy atom. The van der Waals surface area contributed by atoms with Crippen molar-refractivity contribution in [1.82, 2.24) is 10.2 Å². The van der Waals surface area contributed by atoms with Gasteiger partial charge in [-0.1, -0.05) is 32.0 Å².